The van der Waals surface area contributed by atoms with E-state index in [2.05, 4.69) is 9.46 Å². The van der Waals surface area contributed by atoms with E-state index in [1.165, 1.54) is 31.4 Å². The number of nitrogens with one attached hydrogen (secondary N) is 1. The lowest BCUT2D eigenvalue weighted by Crippen LogP contribution is -2.48. The van der Waals surface area contributed by atoms with Crippen LogP contribution in [0.25, 0.3) is 0 Å². The molecule has 0 amide bonds. The second kappa shape index (κ2) is 7.03. The Morgan fingerprint density at radius 3 is 2.50 bits per heavy atom. The van der Waals surface area contributed by atoms with Gasteiger partial charge in [-0.3, -0.25) is 0 Å². The summed E-state index contributed by atoms with van der Waals surface area (Å²) in [6.45, 7) is 3.51. The molecule has 0 unspecified atom stereocenters. The van der Waals surface area contributed by atoms with Gasteiger partial charge in [-0.2, -0.15) is 0 Å². The average molecular weight is 323 g/mol. The Morgan fingerprint density at radius 1 is 1.40 bits per heavy atom. The van der Waals surface area contributed by atoms with Crippen molar-refractivity contribution in [1.82, 2.24) is 4.72 Å². The molecule has 0 fully saturated rings. The van der Waals surface area contributed by atoms with Gasteiger partial charge in [0, 0.05) is 12.1 Å². The van der Waals surface area contributed by atoms with Crippen molar-refractivity contribution in [2.24, 2.45) is 5.73 Å². The van der Waals surface area contributed by atoms with E-state index in [1.807, 2.05) is 0 Å². The van der Waals surface area contributed by atoms with E-state index in [4.69, 9.17) is 5.73 Å². The van der Waals surface area contributed by atoms with E-state index in [1.54, 1.807) is 13.8 Å². The van der Waals surface area contributed by atoms with Crippen molar-refractivity contribution in [2.45, 2.75) is 24.3 Å². The van der Waals surface area contributed by atoms with Gasteiger partial charge in [-0.05, 0) is 32.0 Å². The highest BCUT2D eigenvalue weighted by Crippen LogP contribution is 2.15. The topological polar surface area (TPSA) is 98.5 Å². The van der Waals surface area contributed by atoms with E-state index < -0.39 is 21.5 Å². The first-order valence-corrected chi connectivity index (χ1v) is 7.12. The summed E-state index contributed by atoms with van der Waals surface area (Å²) >= 11 is 0. The van der Waals surface area contributed by atoms with Crippen molar-refractivity contribution < 1.29 is 17.9 Å². The minimum atomic E-state index is -3.73. The van der Waals surface area contributed by atoms with Crippen molar-refractivity contribution in [3.8, 4) is 0 Å². The molecule has 0 heterocycles. The second-order valence-electron chi connectivity index (χ2n) is 4.71. The minimum Gasteiger partial charge on any atom is -0.465 e. The van der Waals surface area contributed by atoms with Gasteiger partial charge in [0.05, 0.1) is 17.6 Å². The van der Waals surface area contributed by atoms with Gasteiger partial charge in [-0.15, -0.1) is 12.4 Å². The highest BCUT2D eigenvalue weighted by molar-refractivity contribution is 7.89. The maximum atomic E-state index is 12.2. The van der Waals surface area contributed by atoms with Crippen molar-refractivity contribution in [1.29, 1.82) is 0 Å². The van der Waals surface area contributed by atoms with Crippen LogP contribution in [0.1, 0.15) is 24.2 Å². The second-order valence-corrected chi connectivity index (χ2v) is 6.40. The number of sulfonamides is 1. The smallest absolute Gasteiger partial charge is 0.337 e. The number of hydrogen-bond acceptors (Lipinski definition) is 5. The molecule has 0 atom stereocenters. The molecule has 1 rings (SSSR count). The average Bonchev–Trinajstić information content (AvgIpc) is 2.37. The highest BCUT2D eigenvalue weighted by atomic mass is 35.5. The number of nitrogens with two attached hydrogens (primary N) is 1. The monoisotopic (exact) mass is 322 g/mol. The summed E-state index contributed by atoms with van der Waals surface area (Å²) in [5.74, 6) is -0.588. The molecular weight excluding hydrogens is 304 g/mol. The first kappa shape index (κ1) is 18.9. The number of rotatable bonds is 5. The van der Waals surface area contributed by atoms with E-state index in [0.717, 1.165) is 0 Å². The summed E-state index contributed by atoms with van der Waals surface area (Å²) in [6.07, 6.45) is 0. The number of methoxy groups -OCH3 is 1. The molecule has 3 N–H and O–H groups in total. The van der Waals surface area contributed by atoms with Gasteiger partial charge in [0.2, 0.25) is 10.0 Å². The molecule has 20 heavy (non-hydrogen) atoms. The maximum Gasteiger partial charge on any atom is 0.337 e. The number of carbonyl (C=O) groups excluding carboxylic acids is 1. The fraction of sp³-hybridized carbons (Fsp3) is 0.417. The SMILES string of the molecule is COC(=O)c1cccc(S(=O)(=O)NC(C)(C)CN)c1.Cl. The molecule has 0 aromatic heterocycles. The van der Waals surface area contributed by atoms with Crippen LogP contribution in [0.2, 0.25) is 0 Å². The van der Waals surface area contributed by atoms with Gasteiger partial charge in [0.15, 0.2) is 0 Å². The van der Waals surface area contributed by atoms with Crippen LogP contribution in [0.3, 0.4) is 0 Å². The summed E-state index contributed by atoms with van der Waals surface area (Å²) in [6, 6.07) is 5.64. The molecule has 6 nitrogen and oxygen atoms in total. The molecule has 1 aromatic rings. The number of halogens is 1. The lowest BCUT2D eigenvalue weighted by atomic mass is 10.1. The molecule has 0 aliphatic carbocycles. The fourth-order valence-electron chi connectivity index (χ4n) is 1.37. The van der Waals surface area contributed by atoms with Gasteiger partial charge in [-0.1, -0.05) is 6.07 Å². The zero-order chi connectivity index (χ0) is 14.7. The van der Waals surface area contributed by atoms with Gasteiger partial charge in [0.1, 0.15) is 0 Å². The predicted octanol–water partition coefficient (Wildman–Crippen LogP) is 0.911. The van der Waals surface area contributed by atoms with E-state index >= 15 is 0 Å². The molecule has 0 saturated heterocycles. The quantitative estimate of drug-likeness (QED) is 0.785. The molecular formula is C12H19ClN2O4S. The number of esters is 1. The summed E-state index contributed by atoms with van der Waals surface area (Å²) in [4.78, 5) is 11.4. The van der Waals surface area contributed by atoms with Crippen LogP contribution >= 0.6 is 12.4 Å². The standard InChI is InChI=1S/C12H18N2O4S.ClH/c1-12(2,8-13)14-19(16,17)10-6-4-5-9(7-10)11(15)18-3;/h4-7,14H,8,13H2,1-3H3;1H. The van der Waals surface area contributed by atoms with Crippen molar-refractivity contribution in [2.75, 3.05) is 13.7 Å². The van der Waals surface area contributed by atoms with Crippen LogP contribution in [0.5, 0.6) is 0 Å². The lowest BCUT2D eigenvalue weighted by Gasteiger charge is -2.23. The number of benzene rings is 1. The number of carbonyl (C=O) groups is 1. The molecule has 8 heteroatoms. The van der Waals surface area contributed by atoms with Crippen molar-refractivity contribution in [3.05, 3.63) is 29.8 Å². The van der Waals surface area contributed by atoms with Crippen molar-refractivity contribution >= 4 is 28.4 Å². The van der Waals surface area contributed by atoms with Crippen LogP contribution in [-0.4, -0.2) is 33.6 Å². The first-order valence-electron chi connectivity index (χ1n) is 5.64. The Hall–Kier alpha value is -1.15. The normalized spacial score (nSPS) is 11.6. The molecule has 1 aromatic carbocycles. The zero-order valence-electron chi connectivity index (χ0n) is 11.5. The van der Waals surface area contributed by atoms with E-state index in [9.17, 15) is 13.2 Å². The summed E-state index contributed by atoms with van der Waals surface area (Å²) < 4.78 is 31.3. The summed E-state index contributed by atoms with van der Waals surface area (Å²) in [5.41, 5.74) is 4.90. The molecule has 0 saturated carbocycles. The Kier molecular flexibility index (Phi) is 6.63. The molecule has 0 aliphatic heterocycles. The number of hydrogen-bond donors (Lipinski definition) is 2. The van der Waals surface area contributed by atoms with Crippen LogP contribution in [0.4, 0.5) is 0 Å². The largest absolute Gasteiger partial charge is 0.465 e. The Bertz CT molecular complexity index is 573. The maximum absolute atomic E-state index is 12.2. The third-order valence-electron chi connectivity index (χ3n) is 2.49. The van der Waals surface area contributed by atoms with E-state index in [-0.39, 0.29) is 29.4 Å². The van der Waals surface area contributed by atoms with Crippen LogP contribution in [-0.2, 0) is 14.8 Å². The fourth-order valence-corrected chi connectivity index (χ4v) is 2.84. The van der Waals surface area contributed by atoms with E-state index in [0.29, 0.717) is 0 Å². The Morgan fingerprint density at radius 2 is 2.00 bits per heavy atom. The van der Waals surface area contributed by atoms with Gasteiger partial charge in [-0.25, -0.2) is 17.9 Å². The van der Waals surface area contributed by atoms with Crippen LogP contribution in [0.15, 0.2) is 29.2 Å². The third-order valence-corrected chi connectivity index (χ3v) is 4.18. The molecule has 0 spiro atoms. The third kappa shape index (κ3) is 4.75. The summed E-state index contributed by atoms with van der Waals surface area (Å²) in [5, 5.41) is 0. The van der Waals surface area contributed by atoms with Gasteiger partial charge >= 0.3 is 5.97 Å². The van der Waals surface area contributed by atoms with Crippen LogP contribution < -0.4 is 10.5 Å². The Balaban J connectivity index is 0.00000361. The first-order chi connectivity index (χ1) is 8.72. The van der Waals surface area contributed by atoms with Gasteiger partial charge in [0.25, 0.3) is 0 Å². The van der Waals surface area contributed by atoms with Crippen LogP contribution in [0, 0.1) is 0 Å². The zero-order valence-corrected chi connectivity index (χ0v) is 13.2. The summed E-state index contributed by atoms with van der Waals surface area (Å²) in [7, 11) is -2.50. The predicted molar refractivity (Wildman–Crippen MR) is 78.5 cm³/mol. The molecule has 0 bridgehead atoms. The highest BCUT2D eigenvalue weighted by Gasteiger charge is 2.25. The molecule has 0 aliphatic rings. The minimum absolute atomic E-state index is 0. The Labute approximate surface area is 125 Å². The molecule has 0 radical (unpaired) electrons. The van der Waals surface area contributed by atoms with Crippen molar-refractivity contribution in [3.63, 3.8) is 0 Å². The molecule has 114 valence electrons. The number of ether oxygens (including phenoxy) is 1. The van der Waals surface area contributed by atoms with Gasteiger partial charge < -0.3 is 10.5 Å². The lowest BCUT2D eigenvalue weighted by molar-refractivity contribution is 0.0600.